The number of hydrogen-bond donors (Lipinski definition) is 5. The number of hydrogen-bond acceptors (Lipinski definition) is 5. The fraction of sp³-hybridized carbons (Fsp3) is 0.535. The molecule has 2 aliphatic heterocycles. The molecule has 5 rings (SSSR count). The van der Waals surface area contributed by atoms with Crippen LogP contribution in [0.3, 0.4) is 0 Å². The van der Waals surface area contributed by atoms with E-state index in [4.69, 9.17) is 5.73 Å². The molecule has 0 fully saturated rings. The third-order valence-corrected chi connectivity index (χ3v) is 11.2. The van der Waals surface area contributed by atoms with Crippen molar-refractivity contribution in [3.05, 3.63) is 95.6 Å². The highest BCUT2D eigenvalue weighted by Crippen LogP contribution is 2.55. The SMILES string of the molecule is CC1(C)C(/C2=C/C=C\C=C/CC23Nc2ccccc2C3(C)C)=[N+](CCCCCC(=O)NCCCNCCCCNCCCN)c2ccccc21. The van der Waals surface area contributed by atoms with Gasteiger partial charge in [0.05, 0.1) is 11.0 Å². The molecule has 7 heteroatoms. The van der Waals surface area contributed by atoms with Crippen LogP contribution in [0.15, 0.2) is 84.5 Å². The van der Waals surface area contributed by atoms with E-state index in [1.54, 1.807) is 0 Å². The summed E-state index contributed by atoms with van der Waals surface area (Å²) in [6.45, 7) is 16.1. The average molecular weight is 680 g/mol. The van der Waals surface area contributed by atoms with Crippen molar-refractivity contribution in [3.63, 3.8) is 0 Å². The van der Waals surface area contributed by atoms with E-state index in [0.717, 1.165) is 90.8 Å². The van der Waals surface area contributed by atoms with E-state index in [2.05, 4.69) is 132 Å². The number of carbonyl (C=O) groups excluding carboxylic acids is 1. The molecule has 270 valence electrons. The molecule has 2 aromatic rings. The van der Waals surface area contributed by atoms with Gasteiger partial charge in [0.1, 0.15) is 6.54 Å². The summed E-state index contributed by atoms with van der Waals surface area (Å²) in [6.07, 6.45) is 20.1. The van der Waals surface area contributed by atoms with E-state index >= 15 is 0 Å². The third-order valence-electron chi connectivity index (χ3n) is 11.2. The Morgan fingerprint density at radius 1 is 0.780 bits per heavy atom. The van der Waals surface area contributed by atoms with Gasteiger partial charge in [-0.2, -0.15) is 4.58 Å². The van der Waals surface area contributed by atoms with Crippen LogP contribution in [0.5, 0.6) is 0 Å². The lowest BCUT2D eigenvalue weighted by Crippen LogP contribution is -2.55. The average Bonchev–Trinajstić information content (AvgIpc) is 3.46. The number of nitrogens with zero attached hydrogens (tertiary/aromatic N) is 1. The van der Waals surface area contributed by atoms with Crippen molar-refractivity contribution in [1.82, 2.24) is 16.0 Å². The minimum atomic E-state index is -0.305. The van der Waals surface area contributed by atoms with Gasteiger partial charge < -0.3 is 27.0 Å². The summed E-state index contributed by atoms with van der Waals surface area (Å²) in [5.41, 5.74) is 13.0. The van der Waals surface area contributed by atoms with Crippen molar-refractivity contribution >= 4 is 23.0 Å². The molecule has 0 aromatic heterocycles. The van der Waals surface area contributed by atoms with E-state index in [-0.39, 0.29) is 22.3 Å². The van der Waals surface area contributed by atoms with Crippen LogP contribution in [0, 0.1) is 0 Å². The van der Waals surface area contributed by atoms with Gasteiger partial charge in [-0.3, -0.25) is 4.79 Å². The zero-order chi connectivity index (χ0) is 35.5. The molecule has 0 radical (unpaired) electrons. The number of anilines is 1. The zero-order valence-corrected chi connectivity index (χ0v) is 31.3. The Morgan fingerprint density at radius 3 is 2.24 bits per heavy atom. The second kappa shape index (κ2) is 17.6. The molecular weight excluding hydrogens is 617 g/mol. The highest BCUT2D eigenvalue weighted by atomic mass is 16.1. The summed E-state index contributed by atoms with van der Waals surface area (Å²) >= 11 is 0. The molecule has 6 N–H and O–H groups in total. The summed E-state index contributed by atoms with van der Waals surface area (Å²) in [7, 11) is 0. The van der Waals surface area contributed by atoms with Crippen LogP contribution in [0.1, 0.15) is 96.6 Å². The summed E-state index contributed by atoms with van der Waals surface area (Å²) in [6, 6.07) is 17.8. The third kappa shape index (κ3) is 8.33. The van der Waals surface area contributed by atoms with Gasteiger partial charge in [-0.1, -0.05) is 80.6 Å². The molecule has 1 atom stereocenters. The van der Waals surface area contributed by atoms with E-state index in [0.29, 0.717) is 6.42 Å². The van der Waals surface area contributed by atoms with Crippen LogP contribution in [-0.2, 0) is 15.6 Å². The Kier molecular flexibility index (Phi) is 13.3. The van der Waals surface area contributed by atoms with Crippen LogP contribution < -0.4 is 27.0 Å². The summed E-state index contributed by atoms with van der Waals surface area (Å²) in [5, 5.41) is 14.2. The molecule has 0 bridgehead atoms. The lowest BCUT2D eigenvalue weighted by molar-refractivity contribution is -0.439. The molecular formula is C43H63N6O+. The molecule has 7 nitrogen and oxygen atoms in total. The van der Waals surface area contributed by atoms with Gasteiger partial charge in [-0.05, 0) is 103 Å². The van der Waals surface area contributed by atoms with Crippen molar-refractivity contribution in [2.45, 2.75) is 102 Å². The summed E-state index contributed by atoms with van der Waals surface area (Å²) in [5.74, 6) is 0.170. The minimum Gasteiger partial charge on any atom is -0.374 e. The molecule has 1 spiro atoms. The molecule has 1 amide bonds. The van der Waals surface area contributed by atoms with E-state index < -0.39 is 0 Å². The predicted molar refractivity (Wildman–Crippen MR) is 211 cm³/mol. The second-order valence-electron chi connectivity index (χ2n) is 15.3. The van der Waals surface area contributed by atoms with Crippen LogP contribution >= 0.6 is 0 Å². The van der Waals surface area contributed by atoms with Gasteiger partial charge >= 0.3 is 0 Å². The van der Waals surface area contributed by atoms with Crippen molar-refractivity contribution in [3.8, 4) is 0 Å². The summed E-state index contributed by atoms with van der Waals surface area (Å²) in [4.78, 5) is 12.6. The van der Waals surface area contributed by atoms with Crippen LogP contribution in [0.2, 0.25) is 0 Å². The van der Waals surface area contributed by atoms with Gasteiger partial charge in [-0.15, -0.1) is 0 Å². The zero-order valence-electron chi connectivity index (χ0n) is 31.3. The number of allylic oxidation sites excluding steroid dienone is 4. The van der Waals surface area contributed by atoms with Gasteiger partial charge in [0.25, 0.3) is 0 Å². The van der Waals surface area contributed by atoms with Gasteiger partial charge in [-0.25, -0.2) is 0 Å². The fourth-order valence-corrected chi connectivity index (χ4v) is 8.31. The normalized spacial score (nSPS) is 22.2. The number of amides is 1. The number of rotatable bonds is 19. The van der Waals surface area contributed by atoms with Gasteiger partial charge in [0, 0.05) is 47.7 Å². The first-order valence-corrected chi connectivity index (χ1v) is 19.3. The van der Waals surface area contributed by atoms with Crippen molar-refractivity contribution < 1.29 is 9.37 Å². The van der Waals surface area contributed by atoms with Crippen LogP contribution in [-0.4, -0.2) is 67.5 Å². The second-order valence-corrected chi connectivity index (χ2v) is 15.3. The summed E-state index contributed by atoms with van der Waals surface area (Å²) < 4.78 is 2.61. The minimum absolute atomic E-state index is 0.139. The number of unbranched alkanes of at least 4 members (excludes halogenated alkanes) is 3. The van der Waals surface area contributed by atoms with Crippen molar-refractivity contribution in [2.75, 3.05) is 51.1 Å². The first-order valence-electron chi connectivity index (χ1n) is 19.3. The Balaban J connectivity index is 1.18. The number of carbonyl (C=O) groups is 1. The molecule has 50 heavy (non-hydrogen) atoms. The van der Waals surface area contributed by atoms with Crippen molar-refractivity contribution in [1.29, 1.82) is 0 Å². The smallest absolute Gasteiger partial charge is 0.219 e. The first kappa shape index (κ1) is 37.7. The Bertz CT molecular complexity index is 1570. The maximum Gasteiger partial charge on any atom is 0.219 e. The Hall–Kier alpha value is -3.52. The standard InChI is InChI=1S/C43H62N6O/c1-41(2)35-21-11-13-24-38(35)49(33-17-7-9-25-39(50)47-32-19-31-46-29-16-15-28-45-30-18-27-44)40(41)36-22-8-5-6-14-26-43(36)42(3,4)34-20-10-12-23-37(34)48-43/h5-6,8,10-14,20-24,45-46,48H,7,9,15-19,25-33,44H2,1-4H3/p+1/b8-5-,14-6-,36-22-. The number of para-hydroxylation sites is 2. The largest absolute Gasteiger partial charge is 0.374 e. The van der Waals surface area contributed by atoms with E-state index in [9.17, 15) is 4.79 Å². The fourth-order valence-electron chi connectivity index (χ4n) is 8.31. The number of nitrogens with two attached hydrogens (primary N) is 1. The predicted octanol–water partition coefficient (Wildman–Crippen LogP) is 7.02. The Labute approximate surface area is 302 Å². The maximum absolute atomic E-state index is 12.6. The molecule has 1 unspecified atom stereocenters. The number of fused-ring (bicyclic) bond motifs is 2. The molecule has 2 aromatic carbocycles. The quantitative estimate of drug-likeness (QED) is 0.0813. The molecule has 0 saturated carbocycles. The molecule has 3 aliphatic rings. The topological polar surface area (TPSA) is 94.2 Å². The van der Waals surface area contributed by atoms with Crippen molar-refractivity contribution in [2.24, 2.45) is 5.73 Å². The van der Waals surface area contributed by atoms with E-state index in [1.807, 2.05) is 0 Å². The Morgan fingerprint density at radius 2 is 1.48 bits per heavy atom. The van der Waals surface area contributed by atoms with Gasteiger partial charge in [0.2, 0.25) is 11.6 Å². The maximum atomic E-state index is 12.6. The van der Waals surface area contributed by atoms with Crippen LogP contribution in [0.4, 0.5) is 11.4 Å². The number of benzene rings is 2. The highest BCUT2D eigenvalue weighted by Gasteiger charge is 2.59. The number of nitrogens with one attached hydrogen (secondary N) is 4. The molecule has 1 aliphatic carbocycles. The highest BCUT2D eigenvalue weighted by molar-refractivity contribution is 6.10. The first-order chi connectivity index (χ1) is 24.2. The molecule has 2 heterocycles. The monoisotopic (exact) mass is 680 g/mol. The lowest BCUT2D eigenvalue weighted by atomic mass is 9.61. The van der Waals surface area contributed by atoms with Crippen LogP contribution in [0.25, 0.3) is 0 Å². The molecule has 0 saturated heterocycles. The lowest BCUT2D eigenvalue weighted by Gasteiger charge is -2.44. The van der Waals surface area contributed by atoms with Gasteiger partial charge in [0.15, 0.2) is 5.71 Å². The van der Waals surface area contributed by atoms with E-state index in [1.165, 1.54) is 40.2 Å².